The van der Waals surface area contributed by atoms with Crippen LogP contribution in [0.4, 0.5) is 5.69 Å². The maximum atomic E-state index is 13.6. The first-order valence-corrected chi connectivity index (χ1v) is 12.8. The molecular formula is C23H24Br2N6O2. The smallest absolute Gasteiger partial charge is 0.230 e. The topological polar surface area (TPSA) is 86.9 Å². The van der Waals surface area contributed by atoms with Crippen molar-refractivity contribution >= 4 is 43.5 Å². The van der Waals surface area contributed by atoms with Crippen LogP contribution in [0.2, 0.25) is 0 Å². The van der Waals surface area contributed by atoms with E-state index in [2.05, 4.69) is 52.4 Å². The number of carbonyl (C=O) groups is 1. The van der Waals surface area contributed by atoms with Crippen molar-refractivity contribution in [3.05, 3.63) is 52.2 Å². The highest BCUT2D eigenvalue weighted by atomic mass is 79.9. The van der Waals surface area contributed by atoms with Crippen LogP contribution in [-0.4, -0.2) is 30.5 Å². The summed E-state index contributed by atoms with van der Waals surface area (Å²) in [6.07, 6.45) is 11.4. The number of halogens is 2. The van der Waals surface area contributed by atoms with E-state index in [0.717, 1.165) is 42.3 Å². The van der Waals surface area contributed by atoms with Crippen LogP contribution >= 0.6 is 31.9 Å². The lowest BCUT2D eigenvalue weighted by atomic mass is 9.46. The average Bonchev–Trinajstić information content (AvgIpc) is 3.42. The van der Waals surface area contributed by atoms with Gasteiger partial charge in [0.25, 0.3) is 0 Å². The predicted octanol–water partition coefficient (Wildman–Crippen LogP) is 4.97. The Balaban J connectivity index is 1.16. The fourth-order valence-corrected chi connectivity index (χ4v) is 7.18. The molecule has 1 aromatic carbocycles. The summed E-state index contributed by atoms with van der Waals surface area (Å²) in [7, 11) is 0. The molecule has 3 aromatic rings. The Labute approximate surface area is 208 Å². The summed E-state index contributed by atoms with van der Waals surface area (Å²) >= 11 is 6.81. The van der Waals surface area contributed by atoms with E-state index in [1.54, 1.807) is 10.9 Å². The third-order valence-electron chi connectivity index (χ3n) is 7.53. The Bertz CT molecular complexity index is 1180. The Hall–Kier alpha value is -2.20. The number of benzene rings is 1. The number of nitrogens with zero attached hydrogens (tertiary/aromatic N) is 5. The molecule has 0 saturated heterocycles. The van der Waals surface area contributed by atoms with Gasteiger partial charge in [-0.15, -0.1) is 5.10 Å². The lowest BCUT2D eigenvalue weighted by Gasteiger charge is -2.60. The van der Waals surface area contributed by atoms with Gasteiger partial charge in [-0.1, -0.05) is 15.9 Å². The van der Waals surface area contributed by atoms with Gasteiger partial charge in [0.05, 0.1) is 29.0 Å². The minimum absolute atomic E-state index is 0.105. The standard InChI is InChI=1S/C23H24Br2N6O2/c24-17-1-3-19(4-2-17)33-14-30-11-18(10-27-30)28-20(32)22-6-15-5-16(7-22)9-23(8-15,12-22)31-13-26-21(25)29-31/h1-4,10-11,13,15-16H,5-9,12,14H2,(H,28,32). The SMILES string of the molecule is O=C(Nc1cnn(COc2ccc(Br)cc2)c1)C12CC3CC(C1)CC(n1cnc(Br)n1)(C3)C2. The highest BCUT2D eigenvalue weighted by Crippen LogP contribution is 2.64. The molecule has 4 fully saturated rings. The lowest BCUT2D eigenvalue weighted by molar-refractivity contribution is -0.150. The molecule has 4 saturated carbocycles. The maximum Gasteiger partial charge on any atom is 0.230 e. The van der Waals surface area contributed by atoms with E-state index in [1.807, 2.05) is 41.5 Å². The molecule has 2 atom stereocenters. The Morgan fingerprint density at radius 2 is 1.91 bits per heavy atom. The molecule has 10 heteroatoms. The number of carbonyl (C=O) groups excluding carboxylic acids is 1. The lowest BCUT2D eigenvalue weighted by Crippen LogP contribution is -2.60. The number of hydrogen-bond donors (Lipinski definition) is 1. The highest BCUT2D eigenvalue weighted by molar-refractivity contribution is 9.10. The van der Waals surface area contributed by atoms with Gasteiger partial charge in [-0.05, 0) is 90.6 Å². The molecule has 4 aliphatic rings. The van der Waals surface area contributed by atoms with Gasteiger partial charge in [0.15, 0.2) is 6.73 Å². The predicted molar refractivity (Wildman–Crippen MR) is 128 cm³/mol. The molecule has 4 aliphatic carbocycles. The number of anilines is 1. The summed E-state index contributed by atoms with van der Waals surface area (Å²) < 4.78 is 11.1. The van der Waals surface area contributed by atoms with Crippen LogP contribution in [-0.2, 0) is 17.1 Å². The van der Waals surface area contributed by atoms with Crippen LogP contribution in [0, 0.1) is 17.3 Å². The number of ether oxygens (including phenoxy) is 1. The largest absolute Gasteiger partial charge is 0.471 e. The van der Waals surface area contributed by atoms with Crippen molar-refractivity contribution in [1.29, 1.82) is 0 Å². The quantitative estimate of drug-likeness (QED) is 0.448. The van der Waals surface area contributed by atoms with E-state index in [0.29, 0.717) is 22.3 Å². The molecular weight excluding hydrogens is 552 g/mol. The first-order valence-electron chi connectivity index (χ1n) is 11.2. The zero-order valence-electron chi connectivity index (χ0n) is 18.0. The minimum atomic E-state index is -0.363. The van der Waals surface area contributed by atoms with Crippen LogP contribution in [0.5, 0.6) is 5.75 Å². The van der Waals surface area contributed by atoms with Crippen LogP contribution < -0.4 is 10.1 Å². The van der Waals surface area contributed by atoms with E-state index < -0.39 is 0 Å². The summed E-state index contributed by atoms with van der Waals surface area (Å²) in [5.74, 6) is 1.98. The fraction of sp³-hybridized carbons (Fsp3) is 0.478. The number of nitrogens with one attached hydrogen (secondary N) is 1. The van der Waals surface area contributed by atoms with E-state index in [-0.39, 0.29) is 23.6 Å². The molecule has 0 aliphatic heterocycles. The van der Waals surface area contributed by atoms with Crippen molar-refractivity contribution in [3.63, 3.8) is 0 Å². The van der Waals surface area contributed by atoms with Gasteiger partial charge in [0, 0.05) is 4.47 Å². The normalized spacial score (nSPS) is 29.9. The monoisotopic (exact) mass is 574 g/mol. The second-order valence-corrected chi connectivity index (χ2v) is 11.5. The number of hydrogen-bond acceptors (Lipinski definition) is 5. The average molecular weight is 576 g/mol. The zero-order valence-corrected chi connectivity index (χ0v) is 21.1. The van der Waals surface area contributed by atoms with Crippen molar-refractivity contribution < 1.29 is 9.53 Å². The van der Waals surface area contributed by atoms with Gasteiger partial charge in [-0.3, -0.25) is 4.79 Å². The van der Waals surface area contributed by atoms with Gasteiger partial charge >= 0.3 is 0 Å². The maximum absolute atomic E-state index is 13.6. The molecule has 7 rings (SSSR count). The molecule has 1 amide bonds. The second-order valence-electron chi connectivity index (χ2n) is 9.87. The first kappa shape index (κ1) is 21.3. The summed E-state index contributed by atoms with van der Waals surface area (Å²) in [6, 6.07) is 7.65. The first-order chi connectivity index (χ1) is 15.9. The van der Waals surface area contributed by atoms with Crippen molar-refractivity contribution in [2.24, 2.45) is 17.3 Å². The molecule has 4 bridgehead atoms. The minimum Gasteiger partial charge on any atom is -0.471 e. The molecule has 0 spiro atoms. The van der Waals surface area contributed by atoms with Gasteiger partial charge in [0.1, 0.15) is 12.1 Å². The van der Waals surface area contributed by atoms with Crippen molar-refractivity contribution in [1.82, 2.24) is 24.5 Å². The van der Waals surface area contributed by atoms with Crippen LogP contribution in [0.25, 0.3) is 0 Å². The number of amides is 1. The Morgan fingerprint density at radius 3 is 2.61 bits per heavy atom. The number of aromatic nitrogens is 5. The fourth-order valence-electron chi connectivity index (χ4n) is 6.65. The molecule has 1 N–H and O–H groups in total. The third kappa shape index (κ3) is 3.90. The molecule has 2 heterocycles. The molecule has 172 valence electrons. The summed E-state index contributed by atoms with van der Waals surface area (Å²) in [6.45, 7) is 0.275. The van der Waals surface area contributed by atoms with Crippen molar-refractivity contribution in [2.45, 2.75) is 50.8 Å². The van der Waals surface area contributed by atoms with Crippen LogP contribution in [0.1, 0.15) is 38.5 Å². The molecule has 8 nitrogen and oxygen atoms in total. The Kier molecular flexibility index (Phi) is 5.13. The Morgan fingerprint density at radius 1 is 1.15 bits per heavy atom. The molecule has 2 aromatic heterocycles. The van der Waals surface area contributed by atoms with Gasteiger partial charge in [-0.25, -0.2) is 14.3 Å². The molecule has 0 radical (unpaired) electrons. The highest BCUT2D eigenvalue weighted by Gasteiger charge is 2.61. The van der Waals surface area contributed by atoms with E-state index in [9.17, 15) is 4.79 Å². The van der Waals surface area contributed by atoms with Crippen molar-refractivity contribution in [2.75, 3.05) is 5.32 Å². The number of rotatable bonds is 6. The summed E-state index contributed by atoms with van der Waals surface area (Å²) in [5, 5.41) is 12.1. The van der Waals surface area contributed by atoms with Gasteiger partial charge in [-0.2, -0.15) is 5.10 Å². The van der Waals surface area contributed by atoms with Crippen LogP contribution in [0.15, 0.2) is 52.2 Å². The van der Waals surface area contributed by atoms with Gasteiger partial charge < -0.3 is 10.1 Å². The van der Waals surface area contributed by atoms with E-state index >= 15 is 0 Å². The second kappa shape index (κ2) is 7.94. The van der Waals surface area contributed by atoms with Crippen LogP contribution in [0.3, 0.4) is 0 Å². The summed E-state index contributed by atoms with van der Waals surface area (Å²) in [4.78, 5) is 17.9. The van der Waals surface area contributed by atoms with E-state index in [1.165, 1.54) is 6.42 Å². The summed E-state index contributed by atoms with van der Waals surface area (Å²) in [5.41, 5.74) is 0.231. The third-order valence-corrected chi connectivity index (χ3v) is 8.42. The van der Waals surface area contributed by atoms with E-state index in [4.69, 9.17) is 4.74 Å². The molecule has 33 heavy (non-hydrogen) atoms. The van der Waals surface area contributed by atoms with Crippen molar-refractivity contribution in [3.8, 4) is 5.75 Å². The molecule has 2 unspecified atom stereocenters. The zero-order chi connectivity index (χ0) is 22.6. The van der Waals surface area contributed by atoms with Gasteiger partial charge in [0.2, 0.25) is 10.6 Å².